The second-order valence-electron chi connectivity index (χ2n) is 4.48. The van der Waals surface area contributed by atoms with E-state index in [-0.39, 0.29) is 5.92 Å². The molecule has 1 unspecified atom stereocenters. The maximum atomic E-state index is 13.2. The summed E-state index contributed by atoms with van der Waals surface area (Å²) in [7, 11) is 0. The molecule has 1 aromatic rings. The minimum atomic E-state index is -2.33. The summed E-state index contributed by atoms with van der Waals surface area (Å²) in [6.07, 6.45) is -0.916. The van der Waals surface area contributed by atoms with E-state index in [1.807, 2.05) is 0 Å². The van der Waals surface area contributed by atoms with Crippen molar-refractivity contribution in [2.24, 2.45) is 5.92 Å². The Bertz CT molecular complexity index is 347. The Hall–Kier alpha value is -1.16. The maximum Gasteiger partial charge on any atom is 0.245 e. The molecule has 0 saturated carbocycles. The number of rotatable bonds is 3. The first-order valence-electron chi connectivity index (χ1n) is 5.90. The van der Waals surface area contributed by atoms with Gasteiger partial charge in [0.05, 0.1) is 0 Å². The van der Waals surface area contributed by atoms with Crippen molar-refractivity contribution in [3.05, 3.63) is 29.8 Å². The standard InChI is InChI=1S/C13H17F2NO/c14-13(15)12(10-5-7-17-8-6-10)9-1-3-11(16)4-2-9/h1-4,10,12-13H,5-8,16H2. The Labute approximate surface area is 99.8 Å². The fraction of sp³-hybridized carbons (Fsp3) is 0.538. The van der Waals surface area contributed by atoms with Gasteiger partial charge in [0, 0.05) is 24.8 Å². The lowest BCUT2D eigenvalue weighted by Gasteiger charge is -2.30. The molecule has 2 rings (SSSR count). The second kappa shape index (κ2) is 5.45. The minimum absolute atomic E-state index is 0.00683. The van der Waals surface area contributed by atoms with Crippen molar-refractivity contribution < 1.29 is 13.5 Å². The normalized spacial score (nSPS) is 19.5. The largest absolute Gasteiger partial charge is 0.399 e. The van der Waals surface area contributed by atoms with E-state index in [1.165, 1.54) is 0 Å². The lowest BCUT2D eigenvalue weighted by atomic mass is 9.81. The van der Waals surface area contributed by atoms with Gasteiger partial charge >= 0.3 is 0 Å². The van der Waals surface area contributed by atoms with Crippen molar-refractivity contribution in [1.82, 2.24) is 0 Å². The van der Waals surface area contributed by atoms with Gasteiger partial charge in [0.15, 0.2) is 0 Å². The average Bonchev–Trinajstić information content (AvgIpc) is 2.33. The van der Waals surface area contributed by atoms with E-state index >= 15 is 0 Å². The fourth-order valence-corrected chi connectivity index (χ4v) is 2.42. The monoisotopic (exact) mass is 241 g/mol. The smallest absolute Gasteiger partial charge is 0.245 e. The van der Waals surface area contributed by atoms with Crippen molar-refractivity contribution in [2.45, 2.75) is 25.2 Å². The molecule has 0 bridgehead atoms. The molecule has 0 spiro atoms. The number of ether oxygens (including phenoxy) is 1. The highest BCUT2D eigenvalue weighted by atomic mass is 19.3. The third-order valence-electron chi connectivity index (χ3n) is 3.37. The summed E-state index contributed by atoms with van der Waals surface area (Å²) in [5.74, 6) is -0.688. The van der Waals surface area contributed by atoms with Crippen LogP contribution >= 0.6 is 0 Å². The van der Waals surface area contributed by atoms with Gasteiger partial charge in [0.25, 0.3) is 0 Å². The lowest BCUT2D eigenvalue weighted by molar-refractivity contribution is 0.0186. The van der Waals surface area contributed by atoms with Crippen molar-refractivity contribution in [3.63, 3.8) is 0 Å². The van der Waals surface area contributed by atoms with Crippen LogP contribution in [0.3, 0.4) is 0 Å². The SMILES string of the molecule is Nc1ccc(C(C(F)F)C2CCOCC2)cc1. The number of nitrogen functional groups attached to an aromatic ring is 1. The van der Waals surface area contributed by atoms with Crippen LogP contribution in [0.2, 0.25) is 0 Å². The molecule has 0 aromatic heterocycles. The van der Waals surface area contributed by atoms with Gasteiger partial charge < -0.3 is 10.5 Å². The number of hydrogen-bond donors (Lipinski definition) is 1. The average molecular weight is 241 g/mol. The molecule has 1 aliphatic heterocycles. The Balaban J connectivity index is 2.18. The van der Waals surface area contributed by atoms with Crippen molar-refractivity contribution in [2.75, 3.05) is 18.9 Å². The molecular weight excluding hydrogens is 224 g/mol. The highest BCUT2D eigenvalue weighted by Crippen LogP contribution is 2.36. The summed E-state index contributed by atoms with van der Waals surface area (Å²) in [4.78, 5) is 0. The Kier molecular flexibility index (Phi) is 3.94. The molecule has 0 amide bonds. The zero-order chi connectivity index (χ0) is 12.3. The van der Waals surface area contributed by atoms with Gasteiger partial charge in [0.1, 0.15) is 0 Å². The summed E-state index contributed by atoms with van der Waals surface area (Å²) in [6, 6.07) is 6.79. The molecule has 1 aromatic carbocycles. The van der Waals surface area contributed by atoms with E-state index in [9.17, 15) is 8.78 Å². The Morgan fingerprint density at radius 1 is 1.12 bits per heavy atom. The number of anilines is 1. The van der Waals surface area contributed by atoms with E-state index in [0.29, 0.717) is 37.3 Å². The number of hydrogen-bond acceptors (Lipinski definition) is 2. The molecular formula is C13H17F2NO. The van der Waals surface area contributed by atoms with Crippen LogP contribution in [0.1, 0.15) is 24.3 Å². The fourth-order valence-electron chi connectivity index (χ4n) is 2.42. The van der Waals surface area contributed by atoms with Gasteiger partial charge in [-0.15, -0.1) is 0 Å². The molecule has 1 aliphatic rings. The summed E-state index contributed by atoms with van der Waals surface area (Å²) >= 11 is 0. The first-order chi connectivity index (χ1) is 8.18. The Morgan fingerprint density at radius 2 is 1.71 bits per heavy atom. The third-order valence-corrected chi connectivity index (χ3v) is 3.37. The van der Waals surface area contributed by atoms with Crippen LogP contribution in [0.4, 0.5) is 14.5 Å². The molecule has 1 saturated heterocycles. The number of nitrogens with two attached hydrogens (primary N) is 1. The van der Waals surface area contributed by atoms with Crippen LogP contribution in [0, 0.1) is 5.92 Å². The van der Waals surface area contributed by atoms with Crippen LogP contribution in [-0.2, 0) is 4.74 Å². The number of benzene rings is 1. The Morgan fingerprint density at radius 3 is 2.24 bits per heavy atom. The zero-order valence-corrected chi connectivity index (χ0v) is 9.61. The topological polar surface area (TPSA) is 35.2 Å². The highest BCUT2D eigenvalue weighted by Gasteiger charge is 2.32. The summed E-state index contributed by atoms with van der Waals surface area (Å²) < 4.78 is 31.6. The van der Waals surface area contributed by atoms with Gasteiger partial charge in [-0.3, -0.25) is 0 Å². The molecule has 2 nitrogen and oxygen atoms in total. The second-order valence-corrected chi connectivity index (χ2v) is 4.48. The molecule has 1 fully saturated rings. The van der Waals surface area contributed by atoms with Crippen LogP contribution in [0.25, 0.3) is 0 Å². The van der Waals surface area contributed by atoms with E-state index in [4.69, 9.17) is 10.5 Å². The van der Waals surface area contributed by atoms with E-state index < -0.39 is 12.3 Å². The maximum absolute atomic E-state index is 13.2. The van der Waals surface area contributed by atoms with Gasteiger partial charge in [-0.1, -0.05) is 12.1 Å². The predicted octanol–water partition coefficient (Wildman–Crippen LogP) is 3.04. The van der Waals surface area contributed by atoms with E-state index in [0.717, 1.165) is 0 Å². The number of alkyl halides is 2. The summed E-state index contributed by atoms with van der Waals surface area (Å²) in [6.45, 7) is 1.17. The first kappa shape index (κ1) is 12.3. The van der Waals surface area contributed by atoms with Crippen molar-refractivity contribution >= 4 is 5.69 Å². The number of halogens is 2. The van der Waals surface area contributed by atoms with Crippen LogP contribution < -0.4 is 5.73 Å². The van der Waals surface area contributed by atoms with Gasteiger partial charge in [-0.05, 0) is 36.5 Å². The third kappa shape index (κ3) is 2.94. The molecule has 0 radical (unpaired) electrons. The first-order valence-corrected chi connectivity index (χ1v) is 5.90. The summed E-state index contributed by atoms with van der Waals surface area (Å²) in [5, 5.41) is 0. The molecule has 2 N–H and O–H groups in total. The van der Waals surface area contributed by atoms with Gasteiger partial charge in [0.2, 0.25) is 6.43 Å². The van der Waals surface area contributed by atoms with Crippen LogP contribution in [-0.4, -0.2) is 19.6 Å². The molecule has 4 heteroatoms. The van der Waals surface area contributed by atoms with Crippen LogP contribution in [0.15, 0.2) is 24.3 Å². The summed E-state index contributed by atoms with van der Waals surface area (Å²) in [5.41, 5.74) is 6.86. The van der Waals surface area contributed by atoms with Crippen molar-refractivity contribution in [3.8, 4) is 0 Å². The van der Waals surface area contributed by atoms with E-state index in [2.05, 4.69) is 0 Å². The van der Waals surface area contributed by atoms with Gasteiger partial charge in [-0.25, -0.2) is 8.78 Å². The minimum Gasteiger partial charge on any atom is -0.399 e. The predicted molar refractivity (Wildman–Crippen MR) is 63.1 cm³/mol. The highest BCUT2D eigenvalue weighted by molar-refractivity contribution is 5.40. The molecule has 17 heavy (non-hydrogen) atoms. The quantitative estimate of drug-likeness (QED) is 0.825. The molecule has 1 atom stereocenters. The molecule has 94 valence electrons. The molecule has 1 heterocycles. The van der Waals surface area contributed by atoms with E-state index in [1.54, 1.807) is 24.3 Å². The van der Waals surface area contributed by atoms with Gasteiger partial charge in [-0.2, -0.15) is 0 Å². The zero-order valence-electron chi connectivity index (χ0n) is 9.61. The van der Waals surface area contributed by atoms with Crippen LogP contribution in [0.5, 0.6) is 0 Å². The molecule has 0 aliphatic carbocycles. The van der Waals surface area contributed by atoms with Crippen molar-refractivity contribution in [1.29, 1.82) is 0 Å². The lowest BCUT2D eigenvalue weighted by Crippen LogP contribution is -2.26.